The number of nitrogens with two attached hydrogens (primary N) is 1. The van der Waals surface area contributed by atoms with Crippen LogP contribution in [0.15, 0.2) is 18.3 Å². The molecule has 0 spiro atoms. The number of nitrogen functional groups attached to an aromatic ring is 1. The van der Waals surface area contributed by atoms with Gasteiger partial charge in [0.05, 0.1) is 36.8 Å². The Labute approximate surface area is 102 Å². The fraction of sp³-hybridized carbons (Fsp3) is 0.583. The minimum absolute atomic E-state index is 0.120. The molecule has 0 atom stereocenters. The maximum atomic E-state index is 5.53. The summed E-state index contributed by atoms with van der Waals surface area (Å²) in [5, 5.41) is 0. The number of anilines is 1. The van der Waals surface area contributed by atoms with Gasteiger partial charge in [-0.05, 0) is 32.9 Å². The van der Waals surface area contributed by atoms with Gasteiger partial charge in [-0.25, -0.2) is 0 Å². The van der Waals surface area contributed by atoms with Gasteiger partial charge in [0.2, 0.25) is 0 Å². The predicted octanol–water partition coefficient (Wildman–Crippen LogP) is 1.70. The molecule has 5 nitrogen and oxygen atoms in total. The van der Waals surface area contributed by atoms with E-state index in [-0.39, 0.29) is 5.60 Å². The molecule has 1 aromatic rings. The third kappa shape index (κ3) is 6.21. The third-order valence-corrected chi connectivity index (χ3v) is 2.00. The van der Waals surface area contributed by atoms with Gasteiger partial charge in [-0.3, -0.25) is 10.8 Å². The average Bonchev–Trinajstić information content (AvgIpc) is 2.27. The number of rotatable bonds is 6. The van der Waals surface area contributed by atoms with Crippen LogP contribution in [0.3, 0.4) is 0 Å². The van der Waals surface area contributed by atoms with Gasteiger partial charge in [0.15, 0.2) is 0 Å². The van der Waals surface area contributed by atoms with Crippen molar-refractivity contribution >= 4 is 5.69 Å². The van der Waals surface area contributed by atoms with Gasteiger partial charge >= 0.3 is 0 Å². The summed E-state index contributed by atoms with van der Waals surface area (Å²) in [6.45, 7) is 7.65. The molecule has 1 rings (SSSR count). The first kappa shape index (κ1) is 13.9. The van der Waals surface area contributed by atoms with Gasteiger partial charge in [0.25, 0.3) is 0 Å². The molecule has 0 aliphatic carbocycles. The van der Waals surface area contributed by atoms with Crippen LogP contribution in [-0.2, 0) is 16.1 Å². The first-order valence-electron chi connectivity index (χ1n) is 5.64. The Balaban J connectivity index is 2.22. The number of nitrogens with one attached hydrogen (secondary N) is 1. The van der Waals surface area contributed by atoms with E-state index in [0.29, 0.717) is 19.8 Å². The molecule has 0 aromatic carbocycles. The van der Waals surface area contributed by atoms with Crippen LogP contribution >= 0.6 is 0 Å². The second-order valence-electron chi connectivity index (χ2n) is 4.69. The molecule has 17 heavy (non-hydrogen) atoms. The Bertz CT molecular complexity index is 337. The topological polar surface area (TPSA) is 69.4 Å². The van der Waals surface area contributed by atoms with Crippen molar-refractivity contribution < 1.29 is 9.47 Å². The minimum atomic E-state index is -0.120. The molecule has 1 aromatic heterocycles. The average molecular weight is 239 g/mol. The van der Waals surface area contributed by atoms with Crippen molar-refractivity contribution in [3.63, 3.8) is 0 Å². The smallest absolute Gasteiger partial charge is 0.0889 e. The van der Waals surface area contributed by atoms with E-state index in [1.165, 1.54) is 0 Å². The predicted molar refractivity (Wildman–Crippen MR) is 67.4 cm³/mol. The molecule has 3 N–H and O–H groups in total. The Morgan fingerprint density at radius 3 is 2.76 bits per heavy atom. The third-order valence-electron chi connectivity index (χ3n) is 2.00. The summed E-state index contributed by atoms with van der Waals surface area (Å²) >= 11 is 0. The summed E-state index contributed by atoms with van der Waals surface area (Å²) in [6, 6.07) is 3.65. The van der Waals surface area contributed by atoms with Crippen molar-refractivity contribution in [2.45, 2.75) is 33.0 Å². The number of hydrogen-bond donors (Lipinski definition) is 2. The Morgan fingerprint density at radius 1 is 1.35 bits per heavy atom. The molecule has 0 unspecified atom stereocenters. The van der Waals surface area contributed by atoms with Crippen LogP contribution in [0.25, 0.3) is 0 Å². The molecule has 96 valence electrons. The van der Waals surface area contributed by atoms with E-state index >= 15 is 0 Å². The lowest BCUT2D eigenvalue weighted by atomic mass is 10.2. The monoisotopic (exact) mass is 239 g/mol. The van der Waals surface area contributed by atoms with E-state index in [1.54, 1.807) is 12.3 Å². The van der Waals surface area contributed by atoms with Crippen LogP contribution in [0.2, 0.25) is 0 Å². The highest BCUT2D eigenvalue weighted by Gasteiger charge is 2.08. The molecule has 0 fully saturated rings. The van der Waals surface area contributed by atoms with Crippen LogP contribution in [0.4, 0.5) is 5.69 Å². The molecule has 0 bridgehead atoms. The molecule has 1 heterocycles. The van der Waals surface area contributed by atoms with Crippen LogP contribution in [0.5, 0.6) is 0 Å². The number of hydrazine groups is 1. The first-order chi connectivity index (χ1) is 8.01. The van der Waals surface area contributed by atoms with Crippen molar-refractivity contribution in [2.24, 2.45) is 5.84 Å². The highest BCUT2D eigenvalue weighted by molar-refractivity contribution is 5.41. The number of aromatic nitrogens is 1. The summed E-state index contributed by atoms with van der Waals surface area (Å²) in [4.78, 5) is 4.17. The van der Waals surface area contributed by atoms with E-state index in [2.05, 4.69) is 10.4 Å². The van der Waals surface area contributed by atoms with E-state index in [9.17, 15) is 0 Å². The highest BCUT2D eigenvalue weighted by Crippen LogP contribution is 2.08. The molecule has 0 saturated heterocycles. The van der Waals surface area contributed by atoms with Crippen molar-refractivity contribution in [2.75, 3.05) is 18.6 Å². The Hall–Kier alpha value is -1.17. The van der Waals surface area contributed by atoms with Crippen molar-refractivity contribution in [3.05, 3.63) is 24.0 Å². The maximum absolute atomic E-state index is 5.53. The van der Waals surface area contributed by atoms with Crippen LogP contribution in [0.1, 0.15) is 26.5 Å². The molecule has 0 aliphatic heterocycles. The fourth-order valence-electron chi connectivity index (χ4n) is 1.23. The molecular formula is C12H21N3O2. The lowest BCUT2D eigenvalue weighted by Gasteiger charge is -2.19. The highest BCUT2D eigenvalue weighted by atomic mass is 16.5. The summed E-state index contributed by atoms with van der Waals surface area (Å²) in [5.74, 6) is 5.30. The molecule has 0 radical (unpaired) electrons. The number of ether oxygens (including phenoxy) is 2. The minimum Gasteiger partial charge on any atom is -0.373 e. The first-order valence-corrected chi connectivity index (χ1v) is 5.64. The zero-order chi connectivity index (χ0) is 12.7. The SMILES string of the molecule is CC(C)(C)OCCOCc1cc(NN)ccn1. The van der Waals surface area contributed by atoms with E-state index in [1.807, 2.05) is 26.8 Å². The maximum Gasteiger partial charge on any atom is 0.0889 e. The number of pyridine rings is 1. The quantitative estimate of drug-likeness (QED) is 0.449. The molecule has 0 aliphatic rings. The molecule has 5 heteroatoms. The Morgan fingerprint density at radius 2 is 2.12 bits per heavy atom. The zero-order valence-electron chi connectivity index (χ0n) is 10.7. The van der Waals surface area contributed by atoms with Crippen molar-refractivity contribution in [1.29, 1.82) is 0 Å². The van der Waals surface area contributed by atoms with Crippen LogP contribution < -0.4 is 11.3 Å². The fourth-order valence-corrected chi connectivity index (χ4v) is 1.23. The standard InChI is InChI=1S/C12H21N3O2/c1-12(2,3)17-7-6-16-9-11-8-10(15-13)4-5-14-11/h4-5,8H,6-7,9,13H2,1-3H3,(H,14,15). The normalized spacial score (nSPS) is 11.5. The summed E-state index contributed by atoms with van der Waals surface area (Å²) in [5.41, 5.74) is 4.12. The van der Waals surface area contributed by atoms with Gasteiger partial charge in [-0.2, -0.15) is 0 Å². The second kappa shape index (κ2) is 6.54. The van der Waals surface area contributed by atoms with Gasteiger partial charge in [0.1, 0.15) is 0 Å². The van der Waals surface area contributed by atoms with Crippen LogP contribution in [0, 0.1) is 0 Å². The van der Waals surface area contributed by atoms with Gasteiger partial charge in [-0.1, -0.05) is 0 Å². The van der Waals surface area contributed by atoms with Crippen molar-refractivity contribution in [1.82, 2.24) is 4.98 Å². The summed E-state index contributed by atoms with van der Waals surface area (Å²) < 4.78 is 11.0. The van der Waals surface area contributed by atoms with Gasteiger partial charge < -0.3 is 14.9 Å². The van der Waals surface area contributed by atoms with Gasteiger partial charge in [-0.15, -0.1) is 0 Å². The lowest BCUT2D eigenvalue weighted by Crippen LogP contribution is -2.21. The van der Waals surface area contributed by atoms with Crippen LogP contribution in [-0.4, -0.2) is 23.8 Å². The summed E-state index contributed by atoms with van der Waals surface area (Å²) in [6.07, 6.45) is 1.69. The van der Waals surface area contributed by atoms with Crippen molar-refractivity contribution in [3.8, 4) is 0 Å². The molecule has 0 saturated carbocycles. The molecular weight excluding hydrogens is 218 g/mol. The van der Waals surface area contributed by atoms with E-state index < -0.39 is 0 Å². The molecule has 0 amide bonds. The number of nitrogens with zero attached hydrogens (tertiary/aromatic N) is 1. The number of hydrogen-bond acceptors (Lipinski definition) is 5. The summed E-state index contributed by atoms with van der Waals surface area (Å²) in [7, 11) is 0. The van der Waals surface area contributed by atoms with Gasteiger partial charge in [0, 0.05) is 6.20 Å². The second-order valence-corrected chi connectivity index (χ2v) is 4.69. The Kier molecular flexibility index (Phi) is 5.34. The lowest BCUT2D eigenvalue weighted by molar-refractivity contribution is -0.0380. The zero-order valence-corrected chi connectivity index (χ0v) is 10.7. The van der Waals surface area contributed by atoms with E-state index in [0.717, 1.165) is 11.4 Å². The van der Waals surface area contributed by atoms with E-state index in [4.69, 9.17) is 15.3 Å². The largest absolute Gasteiger partial charge is 0.373 e.